The Morgan fingerprint density at radius 3 is 2.66 bits per heavy atom. The molecule has 2 bridgehead atoms. The molecule has 2 aromatic rings. The van der Waals surface area contributed by atoms with Gasteiger partial charge < -0.3 is 19.5 Å². The van der Waals surface area contributed by atoms with Gasteiger partial charge >= 0.3 is 0 Å². The third kappa shape index (κ3) is 7.17. The van der Waals surface area contributed by atoms with Crippen molar-refractivity contribution in [3.8, 4) is 11.5 Å². The predicted octanol–water partition coefficient (Wildman–Crippen LogP) is 5.06. The minimum Gasteiger partial charge on any atom is -0.493 e. The fourth-order valence-electron chi connectivity index (χ4n) is 6.25. The number of nitrogens with one attached hydrogen (secondary N) is 1. The molecule has 0 spiro atoms. The van der Waals surface area contributed by atoms with Crippen molar-refractivity contribution in [3.05, 3.63) is 64.5 Å². The van der Waals surface area contributed by atoms with Crippen molar-refractivity contribution in [2.45, 2.75) is 76.5 Å². The Labute approximate surface area is 264 Å². The van der Waals surface area contributed by atoms with E-state index in [0.29, 0.717) is 54.9 Å². The molecule has 5 rings (SSSR count). The summed E-state index contributed by atoms with van der Waals surface area (Å²) in [5.41, 5.74) is 1.61. The van der Waals surface area contributed by atoms with Gasteiger partial charge in [0.2, 0.25) is 10.0 Å². The second-order valence-corrected chi connectivity index (χ2v) is 14.5. The van der Waals surface area contributed by atoms with Crippen LogP contribution in [-0.2, 0) is 16.6 Å². The van der Waals surface area contributed by atoms with Crippen LogP contribution in [0, 0.1) is 5.92 Å². The highest BCUT2D eigenvalue weighted by Crippen LogP contribution is 2.36. The van der Waals surface area contributed by atoms with Gasteiger partial charge in [0.15, 0.2) is 0 Å². The zero-order valence-corrected chi connectivity index (χ0v) is 26.9. The first kappa shape index (κ1) is 32.5. The number of sulfonamides is 1. The van der Waals surface area contributed by atoms with Gasteiger partial charge in [0, 0.05) is 35.3 Å². The van der Waals surface area contributed by atoms with Crippen molar-refractivity contribution in [1.29, 1.82) is 0 Å². The average Bonchev–Trinajstić information content (AvgIpc) is 3.41. The summed E-state index contributed by atoms with van der Waals surface area (Å²) >= 11 is 6.23. The van der Waals surface area contributed by atoms with E-state index in [1.165, 1.54) is 13.0 Å². The van der Waals surface area contributed by atoms with Gasteiger partial charge in [-0.15, -0.1) is 0 Å². The molecule has 12 heteroatoms. The van der Waals surface area contributed by atoms with Crippen molar-refractivity contribution in [2.24, 2.45) is 5.92 Å². The largest absolute Gasteiger partial charge is 0.493 e. The molecule has 5 atom stereocenters. The fraction of sp³-hybridized carbons (Fsp3) is 0.531. The van der Waals surface area contributed by atoms with Crippen LogP contribution in [0.1, 0.15) is 62.4 Å². The van der Waals surface area contributed by atoms with Crippen LogP contribution in [0.4, 0.5) is 10.1 Å². The Hall–Kier alpha value is -2.86. The fourth-order valence-corrected chi connectivity index (χ4v) is 7.70. The lowest BCUT2D eigenvalue weighted by atomic mass is 10.0. The highest BCUT2D eigenvalue weighted by atomic mass is 35.5. The van der Waals surface area contributed by atoms with Crippen molar-refractivity contribution < 1.29 is 32.2 Å². The normalized spacial score (nSPS) is 28.5. The smallest absolute Gasteiger partial charge is 0.264 e. The van der Waals surface area contributed by atoms with Crippen LogP contribution >= 0.6 is 11.6 Å². The molecular weight excluding hydrogens is 609 g/mol. The molecule has 0 aromatic heterocycles. The summed E-state index contributed by atoms with van der Waals surface area (Å²) in [6.45, 7) is 6.99. The van der Waals surface area contributed by atoms with E-state index in [0.717, 1.165) is 18.4 Å². The number of anilines is 1. The van der Waals surface area contributed by atoms with E-state index >= 15 is 4.39 Å². The Morgan fingerprint density at radius 1 is 1.09 bits per heavy atom. The van der Waals surface area contributed by atoms with Gasteiger partial charge in [-0.05, 0) is 82.3 Å². The predicted molar refractivity (Wildman–Crippen MR) is 169 cm³/mol. The van der Waals surface area contributed by atoms with E-state index in [1.807, 2.05) is 11.0 Å². The summed E-state index contributed by atoms with van der Waals surface area (Å²) < 4.78 is 56.9. The third-order valence-electron chi connectivity index (χ3n) is 8.97. The molecule has 44 heavy (non-hydrogen) atoms. The lowest BCUT2D eigenvalue weighted by Gasteiger charge is -2.38. The van der Waals surface area contributed by atoms with Gasteiger partial charge in [-0.1, -0.05) is 30.7 Å². The molecule has 2 N–H and O–H groups in total. The van der Waals surface area contributed by atoms with E-state index < -0.39 is 45.1 Å². The van der Waals surface area contributed by atoms with E-state index in [2.05, 4.69) is 9.62 Å². The Kier molecular flexibility index (Phi) is 10.1. The number of rotatable bonds is 1. The number of ether oxygens (including phenoxy) is 2. The van der Waals surface area contributed by atoms with Crippen LogP contribution in [0.3, 0.4) is 0 Å². The number of hydrogen-bond acceptors (Lipinski definition) is 8. The molecule has 3 aliphatic heterocycles. The maximum Gasteiger partial charge on any atom is 0.264 e. The number of aliphatic hydroxyl groups excluding tert-OH is 1. The van der Waals surface area contributed by atoms with Gasteiger partial charge in [0.1, 0.15) is 23.9 Å². The molecule has 1 fully saturated rings. The molecule has 0 unspecified atom stereocenters. The van der Waals surface area contributed by atoms with Crippen LogP contribution in [0.25, 0.3) is 0 Å². The van der Waals surface area contributed by atoms with Gasteiger partial charge in [0.25, 0.3) is 5.91 Å². The van der Waals surface area contributed by atoms with Crippen LogP contribution in [0.5, 0.6) is 11.5 Å². The zero-order chi connectivity index (χ0) is 31.6. The van der Waals surface area contributed by atoms with E-state index in [-0.39, 0.29) is 24.6 Å². The highest BCUT2D eigenvalue weighted by molar-refractivity contribution is 7.90. The van der Waals surface area contributed by atoms with E-state index in [9.17, 15) is 18.3 Å². The second-order valence-electron chi connectivity index (χ2n) is 12.1. The first-order valence-corrected chi connectivity index (χ1v) is 17.2. The van der Waals surface area contributed by atoms with Crippen molar-refractivity contribution in [1.82, 2.24) is 9.62 Å². The minimum absolute atomic E-state index is 0.0919. The van der Waals surface area contributed by atoms with Crippen LogP contribution in [0.2, 0.25) is 5.02 Å². The Bertz CT molecular complexity index is 1500. The number of amides is 1. The summed E-state index contributed by atoms with van der Waals surface area (Å²) in [4.78, 5) is 17.5. The lowest BCUT2D eigenvalue weighted by Crippen LogP contribution is -2.50. The molecule has 240 valence electrons. The molecule has 9 nitrogen and oxygen atoms in total. The number of fused-ring (bicyclic) bond motifs is 3. The monoisotopic (exact) mass is 649 g/mol. The van der Waals surface area contributed by atoms with Crippen molar-refractivity contribution >= 4 is 33.2 Å². The van der Waals surface area contributed by atoms with Gasteiger partial charge in [-0.3, -0.25) is 9.69 Å². The SMILES string of the molecule is C[C@@H]1[C@@H](C)C/C=C(\F)[C@H]([C@@H](C)O)N2CCC[C@H]2CN2CCCOc3cc(Cl)ccc3COc3ccc(cc32)C(=O)NS1(=O)=O. The standard InChI is InChI=1S/C32H41ClFN3O6S/c1-20-7-11-27(34)31(21(2)38)37-14-4-6-26(37)18-36-13-5-15-42-30-17-25(33)10-8-24(30)19-43-29-12-9-23(16-28(29)36)32(39)35-44(40,41)22(20)3/h8-12,16-17,20-22,26,31,38H,4-7,13-15,18-19H2,1-3H3,(H,35,39)/b27-11-/t20-,21+,22+,26-,31-/m0/s1. The van der Waals surface area contributed by atoms with Crippen molar-refractivity contribution in [2.75, 3.05) is 31.1 Å². The topological polar surface area (TPSA) is 108 Å². The molecule has 0 saturated carbocycles. The molecule has 1 saturated heterocycles. The second kappa shape index (κ2) is 13.6. The summed E-state index contributed by atoms with van der Waals surface area (Å²) in [5.74, 6) is -0.563. The molecule has 2 aromatic carbocycles. The maximum atomic E-state index is 15.8. The van der Waals surface area contributed by atoms with E-state index in [1.54, 1.807) is 44.2 Å². The lowest BCUT2D eigenvalue weighted by molar-refractivity contribution is 0.0613. The summed E-state index contributed by atoms with van der Waals surface area (Å²) in [6, 6.07) is 9.32. The maximum absolute atomic E-state index is 15.8. The third-order valence-corrected chi connectivity index (χ3v) is 11.1. The van der Waals surface area contributed by atoms with Gasteiger partial charge in [-0.2, -0.15) is 0 Å². The number of carbonyl (C=O) groups excluding carboxylic acids is 1. The summed E-state index contributed by atoms with van der Waals surface area (Å²) in [5, 5.41) is 10.3. The number of hydrogen-bond donors (Lipinski definition) is 2. The van der Waals surface area contributed by atoms with Gasteiger partial charge in [0.05, 0.1) is 29.7 Å². The first-order valence-electron chi connectivity index (χ1n) is 15.2. The number of allylic oxidation sites excluding steroid dienone is 1. The number of nitrogens with zero attached hydrogens (tertiary/aromatic N) is 2. The zero-order valence-electron chi connectivity index (χ0n) is 25.3. The summed E-state index contributed by atoms with van der Waals surface area (Å²) in [7, 11) is -4.08. The highest BCUT2D eigenvalue weighted by Gasteiger charge is 2.38. The van der Waals surface area contributed by atoms with Crippen LogP contribution in [0.15, 0.2) is 48.3 Å². The quantitative estimate of drug-likeness (QED) is 0.441. The molecule has 3 heterocycles. The molecule has 0 radical (unpaired) electrons. The Balaban J connectivity index is 1.59. The molecule has 0 aliphatic carbocycles. The van der Waals surface area contributed by atoms with Crippen LogP contribution in [-0.4, -0.2) is 74.0 Å². The molecule has 1 amide bonds. The first-order chi connectivity index (χ1) is 20.9. The number of halogens is 2. The minimum atomic E-state index is -4.08. The van der Waals surface area contributed by atoms with Gasteiger partial charge in [-0.25, -0.2) is 17.5 Å². The van der Waals surface area contributed by atoms with Crippen LogP contribution < -0.4 is 19.1 Å². The molecule has 3 aliphatic rings. The average molecular weight is 650 g/mol. The van der Waals surface area contributed by atoms with E-state index in [4.69, 9.17) is 21.1 Å². The number of carbonyl (C=O) groups is 1. The Morgan fingerprint density at radius 2 is 1.89 bits per heavy atom. The molecular formula is C32H41ClFN3O6S. The number of benzene rings is 2. The number of aliphatic hydroxyl groups is 1. The summed E-state index contributed by atoms with van der Waals surface area (Å²) in [6.07, 6.45) is 2.80. The van der Waals surface area contributed by atoms with Crippen molar-refractivity contribution in [3.63, 3.8) is 0 Å².